The highest BCUT2D eigenvalue weighted by Crippen LogP contribution is 2.72. The lowest BCUT2D eigenvalue weighted by Gasteiger charge is -2.63. The van der Waals surface area contributed by atoms with Crippen LogP contribution in [-0.2, 0) is 19.1 Å². The van der Waals surface area contributed by atoms with Crippen LogP contribution < -0.4 is 0 Å². The molecule has 0 aromatic carbocycles. The molecule has 0 heterocycles. The molecule has 5 aliphatic carbocycles. The smallest absolute Gasteiger partial charge is 0.309 e. The average Bonchev–Trinajstić information content (AvgIpc) is 3.10. The van der Waals surface area contributed by atoms with E-state index >= 15 is 8.78 Å². The Morgan fingerprint density at radius 2 is 1.84 bits per heavy atom. The maximum Gasteiger partial charge on any atom is 0.309 e. The number of thioether (sulfide) groups is 1. The summed E-state index contributed by atoms with van der Waals surface area (Å²) in [5.41, 5.74) is -6.83. The lowest BCUT2D eigenvalue weighted by atomic mass is 9.44. The van der Waals surface area contributed by atoms with Gasteiger partial charge in [0.2, 0.25) is 5.12 Å². The van der Waals surface area contributed by atoms with E-state index in [1.807, 2.05) is 0 Å². The minimum atomic E-state index is -2.30. The van der Waals surface area contributed by atoms with E-state index in [1.165, 1.54) is 19.1 Å². The minimum Gasteiger partial charge on any atom is -0.449 e. The van der Waals surface area contributed by atoms with Crippen molar-refractivity contribution in [3.63, 3.8) is 0 Å². The Hall–Kier alpha value is -1.61. The first kappa shape index (κ1) is 27.9. The molecule has 4 saturated carbocycles. The van der Waals surface area contributed by atoms with Crippen LogP contribution in [0, 0.1) is 34.5 Å². The standard InChI is InChI=1S/C29H37F3O5S/c1-16-11-19-20-13-22(31)21-12-18(33)9-10-26(21,2)28(20,32)23(34)14-27(19,3)29(16,25(36)38-15-30)37-24(35)17-7-5-4-6-8-17/h9-10,12,16-17,19-20,22-23,34H,4-8,11,13-15H2,1-3H3/t16-,19+,20+,22+,23+,26+,27+,28?,29+/m1/s1. The van der Waals surface area contributed by atoms with Crippen molar-refractivity contribution in [3.05, 3.63) is 23.8 Å². The van der Waals surface area contributed by atoms with Gasteiger partial charge in [-0.25, -0.2) is 13.2 Å². The number of alkyl halides is 3. The van der Waals surface area contributed by atoms with Gasteiger partial charge in [0, 0.05) is 22.7 Å². The van der Waals surface area contributed by atoms with E-state index in [4.69, 9.17) is 4.74 Å². The van der Waals surface area contributed by atoms with Crippen molar-refractivity contribution in [2.75, 3.05) is 6.01 Å². The summed E-state index contributed by atoms with van der Waals surface area (Å²) < 4.78 is 52.9. The monoisotopic (exact) mass is 554 g/mol. The fourth-order valence-electron chi connectivity index (χ4n) is 8.95. The molecule has 0 spiro atoms. The number of ketones is 1. The molecule has 5 rings (SSSR count). The van der Waals surface area contributed by atoms with Crippen LogP contribution in [-0.4, -0.2) is 51.5 Å². The molecule has 0 aromatic heterocycles. The predicted molar refractivity (Wildman–Crippen MR) is 137 cm³/mol. The Bertz CT molecular complexity index is 1090. The summed E-state index contributed by atoms with van der Waals surface area (Å²) >= 11 is 0.432. The van der Waals surface area contributed by atoms with Gasteiger partial charge in [0.15, 0.2) is 17.1 Å². The third kappa shape index (κ3) is 3.59. The van der Waals surface area contributed by atoms with Gasteiger partial charge in [0.25, 0.3) is 0 Å². The van der Waals surface area contributed by atoms with Crippen LogP contribution in [0.1, 0.15) is 72.1 Å². The zero-order chi connectivity index (χ0) is 27.7. The van der Waals surface area contributed by atoms with Crippen molar-refractivity contribution < 1.29 is 37.4 Å². The molecule has 0 aliphatic heterocycles. The summed E-state index contributed by atoms with van der Waals surface area (Å²) in [4.78, 5) is 39.2. The van der Waals surface area contributed by atoms with Gasteiger partial charge < -0.3 is 9.84 Å². The van der Waals surface area contributed by atoms with Gasteiger partial charge in [0.1, 0.15) is 12.2 Å². The number of halogens is 3. The highest BCUT2D eigenvalue weighted by atomic mass is 32.2. The van der Waals surface area contributed by atoms with Crippen LogP contribution in [0.5, 0.6) is 0 Å². The van der Waals surface area contributed by atoms with Crippen molar-refractivity contribution in [2.45, 2.75) is 95.7 Å². The van der Waals surface area contributed by atoms with Crippen molar-refractivity contribution >= 4 is 28.6 Å². The largest absolute Gasteiger partial charge is 0.449 e. The first-order chi connectivity index (χ1) is 17.9. The van der Waals surface area contributed by atoms with E-state index in [2.05, 4.69) is 0 Å². The van der Waals surface area contributed by atoms with Crippen LogP contribution >= 0.6 is 11.8 Å². The Labute approximate surface area is 226 Å². The molecular weight excluding hydrogens is 517 g/mol. The van der Waals surface area contributed by atoms with Crippen molar-refractivity contribution in [1.29, 1.82) is 0 Å². The minimum absolute atomic E-state index is 0.0245. The molecule has 0 amide bonds. The molecule has 1 N–H and O–H groups in total. The molecule has 0 bridgehead atoms. The van der Waals surface area contributed by atoms with E-state index < -0.39 is 75.0 Å². The third-order valence-corrected chi connectivity index (χ3v) is 11.5. The topological polar surface area (TPSA) is 80.7 Å². The maximum atomic E-state index is 17.4. The van der Waals surface area contributed by atoms with Gasteiger partial charge in [-0.3, -0.25) is 14.4 Å². The molecule has 9 atom stereocenters. The molecule has 5 nitrogen and oxygen atoms in total. The summed E-state index contributed by atoms with van der Waals surface area (Å²) in [6.07, 6.45) is 4.34. The number of hydrogen-bond donors (Lipinski definition) is 1. The molecule has 210 valence electrons. The predicted octanol–water partition coefficient (Wildman–Crippen LogP) is 5.60. The second-order valence-corrected chi connectivity index (χ2v) is 13.4. The molecule has 0 aromatic rings. The quantitative estimate of drug-likeness (QED) is 0.456. The van der Waals surface area contributed by atoms with Crippen LogP contribution in [0.4, 0.5) is 13.2 Å². The number of rotatable bonds is 4. The van der Waals surface area contributed by atoms with Crippen LogP contribution in [0.15, 0.2) is 23.8 Å². The van der Waals surface area contributed by atoms with E-state index in [9.17, 15) is 23.9 Å². The number of carbonyl (C=O) groups is 3. The molecule has 1 unspecified atom stereocenters. The fourth-order valence-corrected chi connectivity index (χ4v) is 9.74. The normalized spacial score (nSPS) is 46.6. The maximum absolute atomic E-state index is 17.4. The summed E-state index contributed by atoms with van der Waals surface area (Å²) in [6.45, 7) is 4.99. The van der Waals surface area contributed by atoms with Crippen molar-refractivity contribution in [1.82, 2.24) is 0 Å². The summed E-state index contributed by atoms with van der Waals surface area (Å²) in [5.74, 6) is -3.50. The molecule has 4 fully saturated rings. The molecule has 5 aliphatic rings. The second kappa shape index (κ2) is 9.50. The highest BCUT2D eigenvalue weighted by molar-refractivity contribution is 8.13. The molecule has 0 saturated heterocycles. The van der Waals surface area contributed by atoms with Crippen LogP contribution in [0.25, 0.3) is 0 Å². The number of carbonyl (C=O) groups excluding carboxylic acids is 3. The van der Waals surface area contributed by atoms with Crippen LogP contribution in [0.2, 0.25) is 0 Å². The van der Waals surface area contributed by atoms with Gasteiger partial charge >= 0.3 is 5.97 Å². The number of fused-ring (bicyclic) bond motifs is 5. The first-order valence-electron chi connectivity index (χ1n) is 13.8. The molecule has 38 heavy (non-hydrogen) atoms. The van der Waals surface area contributed by atoms with Gasteiger partial charge in [-0.15, -0.1) is 0 Å². The molecule has 9 heteroatoms. The Balaban J connectivity index is 1.59. The van der Waals surface area contributed by atoms with Gasteiger partial charge in [0.05, 0.1) is 12.0 Å². The van der Waals surface area contributed by atoms with Gasteiger partial charge in [-0.2, -0.15) is 0 Å². The summed E-state index contributed by atoms with van der Waals surface area (Å²) in [5, 5.41) is 10.9. The summed E-state index contributed by atoms with van der Waals surface area (Å²) in [6, 6.07) is -1.01. The van der Waals surface area contributed by atoms with E-state index in [0.29, 0.717) is 24.6 Å². The zero-order valence-electron chi connectivity index (χ0n) is 22.2. The highest BCUT2D eigenvalue weighted by Gasteiger charge is 2.78. The van der Waals surface area contributed by atoms with Crippen molar-refractivity contribution in [2.24, 2.45) is 34.5 Å². The number of aliphatic hydroxyl groups excluding tert-OH is 1. The Kier molecular flexibility index (Phi) is 6.98. The van der Waals surface area contributed by atoms with Gasteiger partial charge in [-0.1, -0.05) is 39.2 Å². The first-order valence-corrected chi connectivity index (χ1v) is 14.8. The number of allylic oxidation sites excluding steroid dienone is 4. The van der Waals surface area contributed by atoms with E-state index in [0.717, 1.165) is 25.3 Å². The van der Waals surface area contributed by atoms with Crippen LogP contribution in [0.3, 0.4) is 0 Å². The van der Waals surface area contributed by atoms with Gasteiger partial charge in [-0.05, 0) is 74.4 Å². The number of hydrogen-bond acceptors (Lipinski definition) is 6. The average molecular weight is 555 g/mol. The van der Waals surface area contributed by atoms with E-state index in [1.54, 1.807) is 13.8 Å². The second-order valence-electron chi connectivity index (χ2n) is 12.5. The lowest BCUT2D eigenvalue weighted by molar-refractivity contribution is -0.230. The number of aliphatic hydroxyl groups is 1. The number of ether oxygens (including phenoxy) is 1. The zero-order valence-corrected chi connectivity index (χ0v) is 23.0. The molecule has 0 radical (unpaired) electrons. The third-order valence-electron chi connectivity index (χ3n) is 10.9. The fraction of sp³-hybridized carbons (Fsp3) is 0.759. The SMILES string of the molecule is C[C@@H]1C[C@H]2[C@@H]3C[C@H](F)C4=CC(=O)C=C[C@]4(C)C3(F)[C@@H](O)C[C@]2(C)[C@@]1(OC(=O)C1CCCCC1)C(=O)SCF. The Morgan fingerprint density at radius 3 is 2.50 bits per heavy atom. The number of esters is 1. The Morgan fingerprint density at radius 1 is 1.16 bits per heavy atom. The van der Waals surface area contributed by atoms with Crippen molar-refractivity contribution in [3.8, 4) is 0 Å². The summed E-state index contributed by atoms with van der Waals surface area (Å²) in [7, 11) is 0. The molecular formula is C29H37F3O5S. The lowest BCUT2D eigenvalue weighted by Crippen LogP contribution is -2.70. The van der Waals surface area contributed by atoms with E-state index in [-0.39, 0.29) is 30.8 Å².